The fourth-order valence-corrected chi connectivity index (χ4v) is 3.27. The third-order valence-electron chi connectivity index (χ3n) is 4.56. The summed E-state index contributed by atoms with van der Waals surface area (Å²) in [5.74, 6) is -1.86. The molecule has 3 atom stereocenters. The third-order valence-corrected chi connectivity index (χ3v) is 4.56. The van der Waals surface area contributed by atoms with Crippen molar-refractivity contribution in [3.05, 3.63) is 86.0 Å². The van der Waals surface area contributed by atoms with Gasteiger partial charge in [0.25, 0.3) is 5.69 Å². The number of benzene rings is 2. The zero-order valence-corrected chi connectivity index (χ0v) is 13.7. The van der Waals surface area contributed by atoms with Crippen LogP contribution in [0.3, 0.4) is 0 Å². The minimum Gasteiger partial charge on any atom is -0.457 e. The molecule has 8 nitrogen and oxygen atoms in total. The average Bonchev–Trinajstić information content (AvgIpc) is 3.02. The van der Waals surface area contributed by atoms with Crippen molar-refractivity contribution in [2.75, 3.05) is 6.54 Å². The van der Waals surface area contributed by atoms with Crippen LogP contribution >= 0.6 is 0 Å². The van der Waals surface area contributed by atoms with Gasteiger partial charge in [-0.25, -0.2) is 0 Å². The Morgan fingerprint density at radius 1 is 1.04 bits per heavy atom. The number of rotatable bonds is 6. The molecule has 0 saturated carbocycles. The maximum absolute atomic E-state index is 12.4. The molecule has 1 heterocycles. The van der Waals surface area contributed by atoms with E-state index in [4.69, 9.17) is 4.74 Å². The Morgan fingerprint density at radius 3 is 2.27 bits per heavy atom. The molecule has 1 saturated heterocycles. The molecule has 134 valence electrons. The van der Waals surface area contributed by atoms with Crippen LogP contribution in [0.4, 0.5) is 5.69 Å². The van der Waals surface area contributed by atoms with Crippen LogP contribution in [0.1, 0.15) is 29.6 Å². The summed E-state index contributed by atoms with van der Waals surface area (Å²) in [6.45, 7) is -0.445. The van der Waals surface area contributed by atoms with Crippen molar-refractivity contribution in [1.29, 1.82) is 0 Å². The second-order valence-electron chi connectivity index (χ2n) is 6.15. The minimum atomic E-state index is -0.702. The smallest absolute Gasteiger partial charge is 0.310 e. The number of hydrogen-bond acceptors (Lipinski definition) is 6. The first-order valence-corrected chi connectivity index (χ1v) is 8.07. The van der Waals surface area contributed by atoms with E-state index in [-0.39, 0.29) is 5.69 Å². The zero-order chi connectivity index (χ0) is 18.7. The molecule has 2 aromatic carbocycles. The van der Waals surface area contributed by atoms with Gasteiger partial charge in [0.05, 0.1) is 16.8 Å². The SMILES string of the molecule is O=C1O[C@@H](c2ccccc2)C[C@@H]1[C@H](C[N+](=O)[O-])c1ccc([N+](=O)[O-])cc1. The van der Waals surface area contributed by atoms with Crippen molar-refractivity contribution in [2.45, 2.75) is 18.4 Å². The molecule has 0 amide bonds. The summed E-state index contributed by atoms with van der Waals surface area (Å²) in [6.07, 6.45) is -0.112. The monoisotopic (exact) mass is 356 g/mol. The molecule has 26 heavy (non-hydrogen) atoms. The Balaban J connectivity index is 1.86. The van der Waals surface area contributed by atoms with Gasteiger partial charge in [0.1, 0.15) is 6.10 Å². The molecule has 0 radical (unpaired) electrons. The van der Waals surface area contributed by atoms with Gasteiger partial charge >= 0.3 is 5.97 Å². The number of nitrogens with zero attached hydrogens (tertiary/aromatic N) is 2. The highest BCUT2D eigenvalue weighted by Crippen LogP contribution is 2.41. The largest absolute Gasteiger partial charge is 0.457 e. The number of hydrogen-bond donors (Lipinski definition) is 0. The molecule has 1 aliphatic rings. The van der Waals surface area contributed by atoms with Crippen molar-refractivity contribution in [2.24, 2.45) is 5.92 Å². The first-order chi connectivity index (χ1) is 12.5. The van der Waals surface area contributed by atoms with E-state index in [1.807, 2.05) is 30.3 Å². The van der Waals surface area contributed by atoms with Crippen LogP contribution in [0.2, 0.25) is 0 Å². The summed E-state index contributed by atoms with van der Waals surface area (Å²) in [5, 5.41) is 21.9. The summed E-state index contributed by atoms with van der Waals surface area (Å²) in [4.78, 5) is 33.3. The van der Waals surface area contributed by atoms with Gasteiger partial charge in [0.2, 0.25) is 6.54 Å². The highest BCUT2D eigenvalue weighted by molar-refractivity contribution is 5.76. The molecule has 0 bridgehead atoms. The lowest BCUT2D eigenvalue weighted by atomic mass is 9.83. The first-order valence-electron chi connectivity index (χ1n) is 8.07. The van der Waals surface area contributed by atoms with Crippen LogP contribution in [0.25, 0.3) is 0 Å². The van der Waals surface area contributed by atoms with Crippen LogP contribution in [-0.4, -0.2) is 22.4 Å². The van der Waals surface area contributed by atoms with Crippen molar-refractivity contribution in [3.63, 3.8) is 0 Å². The van der Waals surface area contributed by atoms with Crippen molar-refractivity contribution < 1.29 is 19.4 Å². The lowest BCUT2D eigenvalue weighted by Gasteiger charge is -2.17. The molecule has 0 aromatic heterocycles. The number of esters is 1. The normalized spacial score (nSPS) is 20.4. The van der Waals surface area contributed by atoms with E-state index in [0.29, 0.717) is 12.0 Å². The minimum absolute atomic E-state index is 0.107. The van der Waals surface area contributed by atoms with Gasteiger partial charge in [-0.15, -0.1) is 0 Å². The molecule has 1 aliphatic heterocycles. The topological polar surface area (TPSA) is 113 Å². The van der Waals surface area contributed by atoms with Crippen LogP contribution in [0.5, 0.6) is 0 Å². The van der Waals surface area contributed by atoms with E-state index in [1.54, 1.807) is 0 Å². The third kappa shape index (κ3) is 3.69. The lowest BCUT2D eigenvalue weighted by molar-refractivity contribution is -0.484. The average molecular weight is 356 g/mol. The van der Waals surface area contributed by atoms with Gasteiger partial charge in [-0.2, -0.15) is 0 Å². The number of cyclic esters (lactones) is 1. The van der Waals surface area contributed by atoms with E-state index >= 15 is 0 Å². The predicted molar refractivity (Wildman–Crippen MR) is 91.1 cm³/mol. The second-order valence-corrected chi connectivity index (χ2v) is 6.15. The van der Waals surface area contributed by atoms with Crippen LogP contribution in [-0.2, 0) is 9.53 Å². The van der Waals surface area contributed by atoms with Crippen molar-refractivity contribution in [3.8, 4) is 0 Å². The van der Waals surface area contributed by atoms with E-state index in [1.165, 1.54) is 24.3 Å². The van der Waals surface area contributed by atoms with Crippen LogP contribution in [0, 0.1) is 26.1 Å². The number of non-ortho nitro benzene ring substituents is 1. The van der Waals surface area contributed by atoms with Gasteiger partial charge in [0.15, 0.2) is 0 Å². The van der Waals surface area contributed by atoms with Gasteiger partial charge < -0.3 is 4.74 Å². The maximum atomic E-state index is 12.4. The number of carbonyl (C=O) groups is 1. The van der Waals surface area contributed by atoms with Gasteiger partial charge in [-0.05, 0) is 11.1 Å². The summed E-state index contributed by atoms with van der Waals surface area (Å²) in [6, 6.07) is 14.7. The molecule has 0 spiro atoms. The second kappa shape index (κ2) is 7.30. The van der Waals surface area contributed by atoms with Gasteiger partial charge in [-0.1, -0.05) is 42.5 Å². The fourth-order valence-electron chi connectivity index (χ4n) is 3.27. The zero-order valence-electron chi connectivity index (χ0n) is 13.7. The molecule has 2 aromatic rings. The number of nitro benzene ring substituents is 1. The Labute approximate surface area is 148 Å². The number of ether oxygens (including phenoxy) is 1. The summed E-state index contributed by atoms with van der Waals surface area (Å²) < 4.78 is 5.44. The van der Waals surface area contributed by atoms with E-state index in [0.717, 1.165) is 5.56 Å². The fraction of sp³-hybridized carbons (Fsp3) is 0.278. The standard InChI is InChI=1S/C18H16N2O6/c21-18-15(10-17(26-18)13-4-2-1-3-5-13)16(11-19(22)23)12-6-8-14(9-7-12)20(24)25/h1-9,15-17H,10-11H2/t15-,16-,17-/m1/s1. The van der Waals surface area contributed by atoms with Gasteiger partial charge in [-0.3, -0.25) is 25.0 Å². The van der Waals surface area contributed by atoms with Crippen molar-refractivity contribution in [1.82, 2.24) is 0 Å². The van der Waals surface area contributed by atoms with E-state index in [2.05, 4.69) is 0 Å². The predicted octanol–water partition coefficient (Wildman–Crippen LogP) is 3.26. The Bertz CT molecular complexity index is 821. The highest BCUT2D eigenvalue weighted by atomic mass is 16.6. The number of nitro groups is 2. The Morgan fingerprint density at radius 2 is 1.69 bits per heavy atom. The summed E-state index contributed by atoms with van der Waals surface area (Å²) in [5.41, 5.74) is 1.25. The summed E-state index contributed by atoms with van der Waals surface area (Å²) in [7, 11) is 0. The molecule has 0 N–H and O–H groups in total. The van der Waals surface area contributed by atoms with Gasteiger partial charge in [0, 0.05) is 23.5 Å². The molecule has 0 aliphatic carbocycles. The maximum Gasteiger partial charge on any atom is 0.310 e. The molecule has 0 unspecified atom stereocenters. The highest BCUT2D eigenvalue weighted by Gasteiger charge is 2.43. The van der Waals surface area contributed by atoms with E-state index in [9.17, 15) is 25.0 Å². The van der Waals surface area contributed by atoms with E-state index < -0.39 is 40.3 Å². The van der Waals surface area contributed by atoms with Crippen LogP contribution < -0.4 is 0 Å². The molecule has 1 fully saturated rings. The Hall–Kier alpha value is -3.29. The first kappa shape index (κ1) is 17.5. The quantitative estimate of drug-likeness (QED) is 0.446. The summed E-state index contributed by atoms with van der Waals surface area (Å²) >= 11 is 0. The molecular formula is C18H16N2O6. The van der Waals surface area contributed by atoms with Crippen molar-refractivity contribution >= 4 is 11.7 Å². The molecule has 3 rings (SSSR count). The molecular weight excluding hydrogens is 340 g/mol. The number of carbonyl (C=O) groups excluding carboxylic acids is 1. The lowest BCUT2D eigenvalue weighted by Crippen LogP contribution is -2.24. The Kier molecular flexibility index (Phi) is 4.92. The molecule has 8 heteroatoms. The van der Waals surface area contributed by atoms with Crippen LogP contribution in [0.15, 0.2) is 54.6 Å².